The monoisotopic (exact) mass is 302 g/mol. The highest BCUT2D eigenvalue weighted by molar-refractivity contribution is 6.23. The van der Waals surface area contributed by atoms with Crippen molar-refractivity contribution in [3.63, 3.8) is 0 Å². The van der Waals surface area contributed by atoms with Crippen LogP contribution in [0, 0.1) is 11.8 Å². The topological polar surface area (TPSA) is 0 Å². The molecule has 0 N–H and O–H groups in total. The number of hydrogen-bond acceptors (Lipinski definition) is 0. The summed E-state index contributed by atoms with van der Waals surface area (Å²) in [5.41, 5.74) is 2.13. The van der Waals surface area contributed by atoms with Crippen molar-refractivity contribution in [2.45, 2.75) is 0 Å². The molecular weight excluding hydrogens is 288 g/mol. The highest BCUT2D eigenvalue weighted by atomic mass is 14.1. The summed E-state index contributed by atoms with van der Waals surface area (Å²) in [5.74, 6) is 6.65. The van der Waals surface area contributed by atoms with Crippen LogP contribution in [0.4, 0.5) is 0 Å². The maximum Gasteiger partial charge on any atom is 0.0328 e. The molecule has 0 heterocycles. The quantitative estimate of drug-likeness (QED) is 0.244. The molecule has 5 rings (SSSR count). The van der Waals surface area contributed by atoms with Crippen molar-refractivity contribution in [3.05, 3.63) is 96.1 Å². The molecule has 0 amide bonds. The van der Waals surface area contributed by atoms with Gasteiger partial charge < -0.3 is 0 Å². The summed E-state index contributed by atoms with van der Waals surface area (Å²) in [4.78, 5) is 0. The van der Waals surface area contributed by atoms with Crippen molar-refractivity contribution in [2.75, 3.05) is 0 Å². The molecule has 0 atom stereocenters. The van der Waals surface area contributed by atoms with Gasteiger partial charge in [-0.1, -0.05) is 78.6 Å². The van der Waals surface area contributed by atoms with Crippen LogP contribution in [0.1, 0.15) is 11.1 Å². The Morgan fingerprint density at radius 3 is 1.92 bits per heavy atom. The van der Waals surface area contributed by atoms with Crippen LogP contribution in [-0.2, 0) is 0 Å². The zero-order valence-corrected chi connectivity index (χ0v) is 13.1. The summed E-state index contributed by atoms with van der Waals surface area (Å²) < 4.78 is 0. The third kappa shape index (κ3) is 1.96. The average Bonchev–Trinajstić information content (AvgIpc) is 2.66. The molecule has 0 unspecified atom stereocenters. The van der Waals surface area contributed by atoms with E-state index in [0.717, 1.165) is 11.1 Å². The van der Waals surface area contributed by atoms with Gasteiger partial charge in [-0.3, -0.25) is 0 Å². The normalized spacial score (nSPS) is 11.0. The molecule has 0 fully saturated rings. The van der Waals surface area contributed by atoms with Crippen molar-refractivity contribution < 1.29 is 0 Å². The fraction of sp³-hybridized carbons (Fsp3) is 0. The van der Waals surface area contributed by atoms with Gasteiger partial charge in [0.2, 0.25) is 0 Å². The Hall–Kier alpha value is -3.30. The molecule has 0 radical (unpaired) electrons. The molecule has 0 saturated carbocycles. The molecular formula is C24H14. The summed E-state index contributed by atoms with van der Waals surface area (Å²) in [7, 11) is 0. The van der Waals surface area contributed by atoms with Gasteiger partial charge >= 0.3 is 0 Å². The second kappa shape index (κ2) is 5.11. The zero-order chi connectivity index (χ0) is 15.9. The lowest BCUT2D eigenvalue weighted by Gasteiger charge is -2.11. The van der Waals surface area contributed by atoms with E-state index in [1.165, 1.54) is 32.3 Å². The summed E-state index contributed by atoms with van der Waals surface area (Å²) in [5, 5.41) is 7.76. The van der Waals surface area contributed by atoms with E-state index in [4.69, 9.17) is 0 Å². The predicted octanol–water partition coefficient (Wildman–Crippen LogP) is 5.98. The van der Waals surface area contributed by atoms with Crippen molar-refractivity contribution in [3.8, 4) is 11.8 Å². The van der Waals surface area contributed by atoms with Gasteiger partial charge in [0.05, 0.1) is 0 Å². The van der Waals surface area contributed by atoms with Crippen LogP contribution in [0.3, 0.4) is 0 Å². The standard InChI is InChI=1S/C24H14/c1-2-5-17(6-3-1)9-10-18-11-12-21-14-13-19-7-4-8-20-15-16-22(18)24(21)23(19)20/h1-8,11-16H. The summed E-state index contributed by atoms with van der Waals surface area (Å²) >= 11 is 0. The summed E-state index contributed by atoms with van der Waals surface area (Å²) in [6.07, 6.45) is 0. The molecule has 0 aliphatic rings. The molecule has 0 aliphatic heterocycles. The highest BCUT2D eigenvalue weighted by Crippen LogP contribution is 2.35. The fourth-order valence-corrected chi connectivity index (χ4v) is 3.51. The van der Waals surface area contributed by atoms with Gasteiger partial charge in [-0.25, -0.2) is 0 Å². The average molecular weight is 302 g/mol. The number of rotatable bonds is 0. The Morgan fingerprint density at radius 1 is 0.458 bits per heavy atom. The Bertz CT molecular complexity index is 1220. The molecule has 0 spiro atoms. The van der Waals surface area contributed by atoms with Crippen molar-refractivity contribution >= 4 is 32.3 Å². The van der Waals surface area contributed by atoms with E-state index in [1.54, 1.807) is 0 Å². The molecule has 0 saturated heterocycles. The van der Waals surface area contributed by atoms with E-state index in [9.17, 15) is 0 Å². The molecule has 5 aromatic rings. The van der Waals surface area contributed by atoms with E-state index in [-0.39, 0.29) is 0 Å². The van der Waals surface area contributed by atoms with Gasteiger partial charge in [0.15, 0.2) is 0 Å². The summed E-state index contributed by atoms with van der Waals surface area (Å²) in [6, 6.07) is 29.8. The first-order valence-electron chi connectivity index (χ1n) is 8.14. The molecule has 0 nitrogen and oxygen atoms in total. The summed E-state index contributed by atoms with van der Waals surface area (Å²) in [6.45, 7) is 0. The molecule has 110 valence electrons. The lowest BCUT2D eigenvalue weighted by molar-refractivity contribution is 1.64. The minimum Gasteiger partial charge on any atom is -0.0622 e. The van der Waals surface area contributed by atoms with E-state index in [1.807, 2.05) is 30.3 Å². The fourth-order valence-electron chi connectivity index (χ4n) is 3.51. The van der Waals surface area contributed by atoms with Crippen molar-refractivity contribution in [1.29, 1.82) is 0 Å². The second-order valence-corrected chi connectivity index (χ2v) is 6.09. The van der Waals surface area contributed by atoms with Crippen LogP contribution in [0.25, 0.3) is 32.3 Å². The minimum absolute atomic E-state index is 1.04. The first-order valence-corrected chi connectivity index (χ1v) is 8.14. The van der Waals surface area contributed by atoms with Crippen molar-refractivity contribution in [2.24, 2.45) is 0 Å². The SMILES string of the molecule is C(#Cc1ccc2ccc3cccc4ccc1c2c34)c1ccccc1. The molecule has 24 heavy (non-hydrogen) atoms. The molecule has 5 aromatic carbocycles. The molecule has 0 bridgehead atoms. The van der Waals surface area contributed by atoms with Gasteiger partial charge in [-0.2, -0.15) is 0 Å². The van der Waals surface area contributed by atoms with Crippen LogP contribution >= 0.6 is 0 Å². The maximum atomic E-state index is 3.37. The van der Waals surface area contributed by atoms with Crippen LogP contribution in [-0.4, -0.2) is 0 Å². The first-order chi connectivity index (χ1) is 11.9. The van der Waals surface area contributed by atoms with Gasteiger partial charge in [-0.15, -0.1) is 0 Å². The van der Waals surface area contributed by atoms with E-state index in [0.29, 0.717) is 0 Å². The number of benzene rings is 5. The largest absolute Gasteiger partial charge is 0.0622 e. The Kier molecular flexibility index (Phi) is 2.81. The zero-order valence-electron chi connectivity index (χ0n) is 13.1. The van der Waals surface area contributed by atoms with E-state index < -0.39 is 0 Å². The van der Waals surface area contributed by atoms with Crippen LogP contribution in [0.15, 0.2) is 84.9 Å². The Labute approximate surface area is 140 Å². The van der Waals surface area contributed by atoms with E-state index in [2.05, 4.69) is 66.4 Å². The van der Waals surface area contributed by atoms with Gasteiger partial charge in [0.25, 0.3) is 0 Å². The third-order valence-corrected chi connectivity index (χ3v) is 4.64. The molecule has 0 aromatic heterocycles. The second-order valence-electron chi connectivity index (χ2n) is 6.09. The van der Waals surface area contributed by atoms with E-state index >= 15 is 0 Å². The Balaban J connectivity index is 1.83. The lowest BCUT2D eigenvalue weighted by atomic mass is 9.92. The maximum absolute atomic E-state index is 3.37. The molecule has 0 aliphatic carbocycles. The molecule has 0 heteroatoms. The smallest absolute Gasteiger partial charge is 0.0328 e. The first kappa shape index (κ1) is 13.2. The van der Waals surface area contributed by atoms with Crippen LogP contribution in [0.2, 0.25) is 0 Å². The minimum atomic E-state index is 1.04. The Morgan fingerprint density at radius 2 is 1.12 bits per heavy atom. The van der Waals surface area contributed by atoms with Crippen LogP contribution < -0.4 is 0 Å². The van der Waals surface area contributed by atoms with Crippen molar-refractivity contribution in [1.82, 2.24) is 0 Å². The predicted molar refractivity (Wildman–Crippen MR) is 103 cm³/mol. The number of hydrogen-bond donors (Lipinski definition) is 0. The highest BCUT2D eigenvalue weighted by Gasteiger charge is 2.09. The van der Waals surface area contributed by atoms with Gasteiger partial charge in [0, 0.05) is 11.1 Å². The van der Waals surface area contributed by atoms with Gasteiger partial charge in [0.1, 0.15) is 0 Å². The van der Waals surface area contributed by atoms with Gasteiger partial charge in [-0.05, 0) is 50.5 Å². The lowest BCUT2D eigenvalue weighted by Crippen LogP contribution is -1.86. The third-order valence-electron chi connectivity index (χ3n) is 4.64. The van der Waals surface area contributed by atoms with Crippen LogP contribution in [0.5, 0.6) is 0 Å².